The minimum atomic E-state index is 0.0135. The van der Waals surface area contributed by atoms with Crippen molar-refractivity contribution in [2.24, 2.45) is 0 Å². The third-order valence-electron chi connectivity index (χ3n) is 4.82. The van der Waals surface area contributed by atoms with Crippen molar-refractivity contribution in [2.45, 2.75) is 31.7 Å². The fourth-order valence-corrected chi connectivity index (χ4v) is 3.22. The van der Waals surface area contributed by atoms with Crippen LogP contribution >= 0.6 is 0 Å². The highest BCUT2D eigenvalue weighted by molar-refractivity contribution is 5.95. The number of amides is 1. The molecule has 1 amide bonds. The number of aromatic nitrogens is 4. The summed E-state index contributed by atoms with van der Waals surface area (Å²) in [6.45, 7) is 1.27. The van der Waals surface area contributed by atoms with Crippen molar-refractivity contribution >= 4 is 5.91 Å². The average Bonchev–Trinajstić information content (AvgIpc) is 3.20. The first-order chi connectivity index (χ1) is 12.3. The largest absolute Gasteiger partial charge is 0.339 e. The van der Waals surface area contributed by atoms with Crippen molar-refractivity contribution in [2.75, 3.05) is 6.54 Å². The number of fused-ring (bicyclic) bond motifs is 1. The lowest BCUT2D eigenvalue weighted by Crippen LogP contribution is -2.35. The third kappa shape index (κ3) is 2.61. The molecule has 25 heavy (non-hydrogen) atoms. The summed E-state index contributed by atoms with van der Waals surface area (Å²) in [5.74, 6) is 1.69. The van der Waals surface area contributed by atoms with E-state index < -0.39 is 0 Å². The summed E-state index contributed by atoms with van der Waals surface area (Å²) >= 11 is 0. The lowest BCUT2D eigenvalue weighted by atomic mass is 10.1. The van der Waals surface area contributed by atoms with Crippen LogP contribution in [0, 0.1) is 0 Å². The fraction of sp³-hybridized carbons (Fsp3) is 0.333. The predicted molar refractivity (Wildman–Crippen MR) is 88.7 cm³/mol. The van der Waals surface area contributed by atoms with Gasteiger partial charge in [0.25, 0.3) is 5.91 Å². The van der Waals surface area contributed by atoms with E-state index in [4.69, 9.17) is 4.52 Å². The number of nitrogens with zero attached hydrogens (tertiary/aromatic N) is 4. The normalized spacial score (nSPS) is 16.7. The molecule has 3 aromatic rings. The molecule has 1 saturated carbocycles. The van der Waals surface area contributed by atoms with Gasteiger partial charge in [-0.3, -0.25) is 9.89 Å². The van der Waals surface area contributed by atoms with Crippen LogP contribution in [0.4, 0.5) is 0 Å². The maximum Gasteiger partial charge on any atom is 0.254 e. The maximum atomic E-state index is 12.9. The molecule has 5 rings (SSSR count). The number of aromatic amines is 1. The molecule has 0 atom stereocenters. The van der Waals surface area contributed by atoms with Gasteiger partial charge >= 0.3 is 0 Å². The molecule has 2 aromatic heterocycles. The summed E-state index contributed by atoms with van der Waals surface area (Å²) < 4.78 is 5.32. The highest BCUT2D eigenvalue weighted by Crippen LogP contribution is 2.39. The van der Waals surface area contributed by atoms with E-state index in [1.807, 2.05) is 29.2 Å². The molecule has 1 fully saturated rings. The van der Waals surface area contributed by atoms with E-state index in [1.54, 1.807) is 6.20 Å². The fourth-order valence-electron chi connectivity index (χ4n) is 3.22. The quantitative estimate of drug-likeness (QED) is 0.794. The Morgan fingerprint density at radius 2 is 2.24 bits per heavy atom. The van der Waals surface area contributed by atoms with Gasteiger partial charge < -0.3 is 9.42 Å². The van der Waals surface area contributed by atoms with Gasteiger partial charge in [0.1, 0.15) is 0 Å². The second-order valence-electron chi connectivity index (χ2n) is 6.66. The number of hydrogen-bond donors (Lipinski definition) is 1. The first-order valence-electron chi connectivity index (χ1n) is 8.52. The Morgan fingerprint density at radius 3 is 3.12 bits per heavy atom. The van der Waals surface area contributed by atoms with Crippen molar-refractivity contribution < 1.29 is 9.32 Å². The Bertz CT molecular complexity index is 940. The third-order valence-corrected chi connectivity index (χ3v) is 4.82. The molecule has 3 heterocycles. The van der Waals surface area contributed by atoms with E-state index in [9.17, 15) is 4.79 Å². The van der Waals surface area contributed by atoms with Gasteiger partial charge in [0, 0.05) is 47.8 Å². The van der Waals surface area contributed by atoms with Gasteiger partial charge in [0.15, 0.2) is 0 Å². The Hall–Kier alpha value is -2.96. The van der Waals surface area contributed by atoms with Crippen LogP contribution < -0.4 is 0 Å². The average molecular weight is 335 g/mol. The monoisotopic (exact) mass is 335 g/mol. The number of hydrogen-bond acceptors (Lipinski definition) is 5. The highest BCUT2D eigenvalue weighted by Gasteiger charge is 2.30. The van der Waals surface area contributed by atoms with Gasteiger partial charge in [-0.25, -0.2) is 0 Å². The summed E-state index contributed by atoms with van der Waals surface area (Å²) in [7, 11) is 0. The van der Waals surface area contributed by atoms with Gasteiger partial charge in [-0.1, -0.05) is 17.3 Å². The molecule has 7 nitrogen and oxygen atoms in total. The van der Waals surface area contributed by atoms with Crippen molar-refractivity contribution in [3.05, 3.63) is 53.2 Å². The molecule has 0 bridgehead atoms. The highest BCUT2D eigenvalue weighted by atomic mass is 16.5. The molecule has 0 spiro atoms. The predicted octanol–water partition coefficient (Wildman–Crippen LogP) is 2.54. The molecule has 0 saturated heterocycles. The maximum absolute atomic E-state index is 12.9. The molecule has 7 heteroatoms. The van der Waals surface area contributed by atoms with E-state index in [1.165, 1.54) is 0 Å². The van der Waals surface area contributed by atoms with E-state index in [0.717, 1.165) is 36.1 Å². The Balaban J connectivity index is 1.39. The van der Waals surface area contributed by atoms with Crippen molar-refractivity contribution in [3.8, 4) is 11.4 Å². The van der Waals surface area contributed by atoms with Crippen LogP contribution in [0.15, 0.2) is 35.0 Å². The van der Waals surface area contributed by atoms with Crippen LogP contribution in [0.3, 0.4) is 0 Å². The van der Waals surface area contributed by atoms with E-state index in [2.05, 4.69) is 20.3 Å². The van der Waals surface area contributed by atoms with Gasteiger partial charge in [-0.05, 0) is 25.0 Å². The second-order valence-corrected chi connectivity index (χ2v) is 6.66. The zero-order valence-electron chi connectivity index (χ0n) is 13.6. The number of nitrogens with one attached hydrogen (secondary N) is 1. The van der Waals surface area contributed by atoms with E-state index in [0.29, 0.717) is 36.3 Å². The summed E-state index contributed by atoms with van der Waals surface area (Å²) in [4.78, 5) is 19.2. The molecule has 1 aliphatic carbocycles. The van der Waals surface area contributed by atoms with Crippen LogP contribution in [-0.2, 0) is 13.0 Å². The molecule has 0 unspecified atom stereocenters. The lowest BCUT2D eigenvalue weighted by Gasteiger charge is -2.26. The Morgan fingerprint density at radius 1 is 1.32 bits per heavy atom. The molecule has 1 aromatic carbocycles. The first-order valence-corrected chi connectivity index (χ1v) is 8.52. The van der Waals surface area contributed by atoms with Gasteiger partial charge in [-0.2, -0.15) is 10.1 Å². The number of carbonyl (C=O) groups is 1. The Labute approximate surface area is 144 Å². The van der Waals surface area contributed by atoms with Gasteiger partial charge in [0.05, 0.1) is 6.20 Å². The topological polar surface area (TPSA) is 87.9 Å². The lowest BCUT2D eigenvalue weighted by molar-refractivity contribution is 0.0734. The summed E-state index contributed by atoms with van der Waals surface area (Å²) in [5.41, 5.74) is 3.66. The first kappa shape index (κ1) is 14.4. The number of H-pyrrole nitrogens is 1. The SMILES string of the molecule is O=C(c1cccc(-c2noc(C3CC3)n2)c1)N1CCc2[nH]ncc2C1. The number of rotatable bonds is 3. The van der Waals surface area contributed by atoms with Gasteiger partial charge in [0.2, 0.25) is 11.7 Å². The minimum absolute atomic E-state index is 0.0135. The molecule has 126 valence electrons. The molecule has 0 radical (unpaired) electrons. The molecular formula is C18H17N5O2. The van der Waals surface area contributed by atoms with Crippen molar-refractivity contribution in [1.82, 2.24) is 25.2 Å². The zero-order chi connectivity index (χ0) is 16.8. The van der Waals surface area contributed by atoms with Crippen LogP contribution in [-0.4, -0.2) is 37.7 Å². The molecule has 1 N–H and O–H groups in total. The minimum Gasteiger partial charge on any atom is -0.339 e. The van der Waals surface area contributed by atoms with Gasteiger partial charge in [-0.15, -0.1) is 0 Å². The summed E-state index contributed by atoms with van der Waals surface area (Å²) in [6, 6.07) is 7.44. The van der Waals surface area contributed by atoms with Crippen LogP contribution in [0.25, 0.3) is 11.4 Å². The molecule has 2 aliphatic rings. The standard InChI is InChI=1S/C18H17N5O2/c24-18(23-7-6-15-14(10-23)9-19-21-15)13-3-1-2-12(8-13)16-20-17(25-22-16)11-4-5-11/h1-3,8-9,11H,4-7,10H2,(H,19,21). The smallest absolute Gasteiger partial charge is 0.254 e. The van der Waals surface area contributed by atoms with Crippen LogP contribution in [0.2, 0.25) is 0 Å². The van der Waals surface area contributed by atoms with Crippen molar-refractivity contribution in [3.63, 3.8) is 0 Å². The summed E-state index contributed by atoms with van der Waals surface area (Å²) in [6.07, 6.45) is 4.83. The van der Waals surface area contributed by atoms with Crippen LogP contribution in [0.1, 0.15) is 46.3 Å². The zero-order valence-corrected chi connectivity index (χ0v) is 13.6. The molecular weight excluding hydrogens is 318 g/mol. The van der Waals surface area contributed by atoms with Crippen LogP contribution in [0.5, 0.6) is 0 Å². The van der Waals surface area contributed by atoms with E-state index >= 15 is 0 Å². The number of benzene rings is 1. The van der Waals surface area contributed by atoms with E-state index in [-0.39, 0.29) is 5.91 Å². The number of carbonyl (C=O) groups excluding carboxylic acids is 1. The Kier molecular flexibility index (Phi) is 3.19. The summed E-state index contributed by atoms with van der Waals surface area (Å²) in [5, 5.41) is 11.1. The molecule has 1 aliphatic heterocycles. The second kappa shape index (κ2) is 5.54. The van der Waals surface area contributed by atoms with Crippen molar-refractivity contribution in [1.29, 1.82) is 0 Å².